The summed E-state index contributed by atoms with van der Waals surface area (Å²) < 4.78 is 8.32. The van der Waals surface area contributed by atoms with Crippen LogP contribution in [0.1, 0.15) is 31.2 Å². The predicted molar refractivity (Wildman–Crippen MR) is 155 cm³/mol. The predicted octanol–water partition coefficient (Wildman–Crippen LogP) is 4.90. The number of aliphatic hydroxyl groups excluding tert-OH is 2. The number of nitrogens with zero attached hydrogens (tertiary/aromatic N) is 3. The second kappa shape index (κ2) is 13.3. The number of benzene rings is 3. The number of ether oxygens (including phenoxy) is 1. The Kier molecular flexibility index (Phi) is 9.31. The van der Waals surface area contributed by atoms with Gasteiger partial charge in [0.15, 0.2) is 0 Å². The Bertz CT molecular complexity index is 1240. The van der Waals surface area contributed by atoms with Gasteiger partial charge in [-0.1, -0.05) is 55.0 Å². The lowest BCUT2D eigenvalue weighted by Crippen LogP contribution is -2.35. The summed E-state index contributed by atoms with van der Waals surface area (Å²) in [6, 6.07) is 25.1. The summed E-state index contributed by atoms with van der Waals surface area (Å²) in [5.41, 5.74) is 3.44. The molecule has 1 atom stereocenters. The first-order chi connectivity index (χ1) is 18.7. The minimum Gasteiger partial charge on any atom is -0.492 e. The molecule has 0 saturated carbocycles. The third-order valence-corrected chi connectivity index (χ3v) is 7.60. The molecule has 6 heteroatoms. The first-order valence-corrected chi connectivity index (χ1v) is 14.1. The Balaban J connectivity index is 1.23. The SMILES string of the molecule is OCCCN(Cc1cccc(OCCN2CCCCC2)c1)CC(O)Cn1c2ccccc2c2ccccc21. The van der Waals surface area contributed by atoms with Crippen molar-refractivity contribution in [2.45, 2.75) is 44.9 Å². The van der Waals surface area contributed by atoms with Crippen LogP contribution in [-0.4, -0.2) is 76.6 Å². The number of fused-ring (bicyclic) bond motifs is 3. The summed E-state index contributed by atoms with van der Waals surface area (Å²) in [5.74, 6) is 0.896. The summed E-state index contributed by atoms with van der Waals surface area (Å²) in [4.78, 5) is 4.73. The number of likely N-dealkylation sites (tertiary alicyclic amines) is 1. The number of aromatic nitrogens is 1. The van der Waals surface area contributed by atoms with Crippen molar-refractivity contribution in [1.29, 1.82) is 0 Å². The lowest BCUT2D eigenvalue weighted by atomic mass is 10.1. The Morgan fingerprint density at radius 2 is 1.58 bits per heavy atom. The molecule has 0 radical (unpaired) electrons. The van der Waals surface area contributed by atoms with Gasteiger partial charge in [0, 0.05) is 54.6 Å². The van der Waals surface area contributed by atoms with E-state index in [0.717, 1.165) is 35.4 Å². The maximum absolute atomic E-state index is 11.2. The second-order valence-corrected chi connectivity index (χ2v) is 10.5. The zero-order valence-electron chi connectivity index (χ0n) is 22.3. The fourth-order valence-corrected chi connectivity index (χ4v) is 5.76. The van der Waals surface area contributed by atoms with E-state index in [9.17, 15) is 10.2 Å². The Labute approximate surface area is 226 Å². The molecule has 1 aromatic heterocycles. The summed E-state index contributed by atoms with van der Waals surface area (Å²) in [5, 5.41) is 23.1. The highest BCUT2D eigenvalue weighted by molar-refractivity contribution is 6.07. The molecule has 1 aliphatic heterocycles. The van der Waals surface area contributed by atoms with E-state index in [1.807, 2.05) is 12.1 Å². The maximum atomic E-state index is 11.2. The molecular formula is C32H41N3O3. The van der Waals surface area contributed by atoms with E-state index in [1.165, 1.54) is 43.1 Å². The zero-order valence-corrected chi connectivity index (χ0v) is 22.3. The summed E-state index contributed by atoms with van der Waals surface area (Å²) in [6.45, 7) is 6.65. The summed E-state index contributed by atoms with van der Waals surface area (Å²) >= 11 is 0. The van der Waals surface area contributed by atoms with E-state index < -0.39 is 6.10 Å². The van der Waals surface area contributed by atoms with Gasteiger partial charge < -0.3 is 19.5 Å². The van der Waals surface area contributed by atoms with Crippen molar-refractivity contribution in [2.75, 3.05) is 45.9 Å². The van der Waals surface area contributed by atoms with Crippen LogP contribution in [0.4, 0.5) is 0 Å². The number of piperidine rings is 1. The lowest BCUT2D eigenvalue weighted by Gasteiger charge is -2.26. The molecule has 1 saturated heterocycles. The fourth-order valence-electron chi connectivity index (χ4n) is 5.76. The minimum atomic E-state index is -0.545. The van der Waals surface area contributed by atoms with Crippen molar-refractivity contribution >= 4 is 21.8 Å². The van der Waals surface area contributed by atoms with Crippen molar-refractivity contribution in [1.82, 2.24) is 14.4 Å². The van der Waals surface area contributed by atoms with E-state index >= 15 is 0 Å². The van der Waals surface area contributed by atoms with E-state index in [4.69, 9.17) is 4.74 Å². The first kappa shape index (κ1) is 26.7. The molecule has 4 aromatic rings. The maximum Gasteiger partial charge on any atom is 0.119 e. The summed E-state index contributed by atoms with van der Waals surface area (Å²) in [6.07, 6.45) is 4.06. The Morgan fingerprint density at radius 1 is 0.868 bits per heavy atom. The molecule has 2 heterocycles. The van der Waals surface area contributed by atoms with Crippen molar-refractivity contribution in [2.24, 2.45) is 0 Å². The minimum absolute atomic E-state index is 0.138. The molecule has 0 bridgehead atoms. The zero-order chi connectivity index (χ0) is 26.2. The van der Waals surface area contributed by atoms with Gasteiger partial charge in [0.25, 0.3) is 0 Å². The van der Waals surface area contributed by atoms with Gasteiger partial charge in [-0.05, 0) is 62.2 Å². The molecule has 2 N–H and O–H groups in total. The molecule has 0 amide bonds. The van der Waals surface area contributed by atoms with Crippen molar-refractivity contribution < 1.29 is 14.9 Å². The molecule has 1 aliphatic rings. The van der Waals surface area contributed by atoms with Gasteiger partial charge >= 0.3 is 0 Å². The Hall–Kier alpha value is -2.90. The quantitative estimate of drug-likeness (QED) is 0.265. The number of aliphatic hydroxyl groups is 2. The van der Waals surface area contributed by atoms with Gasteiger partial charge in [-0.3, -0.25) is 9.80 Å². The normalized spacial score (nSPS) is 15.4. The number of para-hydroxylation sites is 2. The van der Waals surface area contributed by atoms with E-state index in [2.05, 4.69) is 75.0 Å². The molecule has 202 valence electrons. The average molecular weight is 516 g/mol. The van der Waals surface area contributed by atoms with Crippen molar-refractivity contribution in [3.63, 3.8) is 0 Å². The number of rotatable bonds is 13. The van der Waals surface area contributed by atoms with Crippen LogP contribution in [0, 0.1) is 0 Å². The smallest absolute Gasteiger partial charge is 0.119 e. The molecule has 6 nitrogen and oxygen atoms in total. The molecule has 0 spiro atoms. The topological polar surface area (TPSA) is 61.1 Å². The van der Waals surface area contributed by atoms with Crippen LogP contribution in [0.25, 0.3) is 21.8 Å². The van der Waals surface area contributed by atoms with Crippen LogP contribution in [0.3, 0.4) is 0 Å². The Morgan fingerprint density at radius 3 is 2.29 bits per heavy atom. The third kappa shape index (κ3) is 6.75. The van der Waals surface area contributed by atoms with E-state index in [-0.39, 0.29) is 6.61 Å². The molecule has 1 fully saturated rings. The van der Waals surface area contributed by atoms with Gasteiger partial charge in [-0.25, -0.2) is 0 Å². The van der Waals surface area contributed by atoms with Crippen LogP contribution in [0.5, 0.6) is 5.75 Å². The molecule has 3 aromatic carbocycles. The monoisotopic (exact) mass is 515 g/mol. The summed E-state index contributed by atoms with van der Waals surface area (Å²) in [7, 11) is 0. The van der Waals surface area contributed by atoms with E-state index in [0.29, 0.717) is 32.7 Å². The molecular weight excluding hydrogens is 474 g/mol. The van der Waals surface area contributed by atoms with Crippen LogP contribution in [0.15, 0.2) is 72.8 Å². The highest BCUT2D eigenvalue weighted by Crippen LogP contribution is 2.29. The largest absolute Gasteiger partial charge is 0.492 e. The van der Waals surface area contributed by atoms with Crippen molar-refractivity contribution in [3.05, 3.63) is 78.4 Å². The number of hydrogen-bond acceptors (Lipinski definition) is 5. The van der Waals surface area contributed by atoms with Crippen LogP contribution >= 0.6 is 0 Å². The molecule has 0 aliphatic carbocycles. The van der Waals surface area contributed by atoms with Crippen LogP contribution in [-0.2, 0) is 13.1 Å². The lowest BCUT2D eigenvalue weighted by molar-refractivity contribution is 0.0921. The highest BCUT2D eigenvalue weighted by atomic mass is 16.5. The second-order valence-electron chi connectivity index (χ2n) is 10.5. The first-order valence-electron chi connectivity index (χ1n) is 14.1. The highest BCUT2D eigenvalue weighted by Gasteiger charge is 2.17. The number of hydrogen-bond donors (Lipinski definition) is 2. The average Bonchev–Trinajstić information content (AvgIpc) is 3.26. The van der Waals surface area contributed by atoms with Crippen LogP contribution in [0.2, 0.25) is 0 Å². The molecule has 5 rings (SSSR count). The molecule has 1 unspecified atom stereocenters. The third-order valence-electron chi connectivity index (χ3n) is 7.60. The van der Waals surface area contributed by atoms with Gasteiger partial charge in [-0.15, -0.1) is 0 Å². The van der Waals surface area contributed by atoms with Gasteiger partial charge in [0.2, 0.25) is 0 Å². The van der Waals surface area contributed by atoms with Crippen LogP contribution < -0.4 is 4.74 Å². The van der Waals surface area contributed by atoms with Crippen molar-refractivity contribution in [3.8, 4) is 5.75 Å². The van der Waals surface area contributed by atoms with Gasteiger partial charge in [0.1, 0.15) is 12.4 Å². The standard InChI is InChI=1S/C32H41N3O3/c36-20-9-18-34(23-26-10-8-11-28(22-26)38-21-19-33-16-6-1-7-17-33)24-27(37)25-35-31-14-4-2-12-29(31)30-13-3-5-15-32(30)35/h2-5,8,10-15,22,27,36-37H,1,6-7,9,16-21,23-25H2. The fraction of sp³-hybridized carbons (Fsp3) is 0.438. The molecule has 38 heavy (non-hydrogen) atoms. The van der Waals surface area contributed by atoms with Gasteiger partial charge in [-0.2, -0.15) is 0 Å². The van der Waals surface area contributed by atoms with E-state index in [1.54, 1.807) is 0 Å². The van der Waals surface area contributed by atoms with Gasteiger partial charge in [0.05, 0.1) is 12.6 Å².